The van der Waals surface area contributed by atoms with Gasteiger partial charge >= 0.3 is 11.9 Å². The molecule has 1 aliphatic heterocycles. The molecule has 6 nitrogen and oxygen atoms in total. The highest BCUT2D eigenvalue weighted by atomic mass is 16.7. The number of hydrogen-bond acceptors (Lipinski definition) is 6. The molecule has 0 bridgehead atoms. The Labute approximate surface area is 137 Å². The quantitative estimate of drug-likeness (QED) is 0.551. The van der Waals surface area contributed by atoms with E-state index in [1.165, 1.54) is 46.0 Å². The summed E-state index contributed by atoms with van der Waals surface area (Å²) in [4.78, 5) is 22.2. The molecule has 0 amide bonds. The van der Waals surface area contributed by atoms with Crippen LogP contribution < -0.4 is 0 Å². The molecule has 23 heavy (non-hydrogen) atoms. The molecule has 1 aliphatic carbocycles. The molecular weight excluding hydrogens is 300 g/mol. The fourth-order valence-electron chi connectivity index (χ4n) is 2.94. The van der Waals surface area contributed by atoms with Gasteiger partial charge in [0.2, 0.25) is 0 Å². The Balaban J connectivity index is 1.86. The highest BCUT2D eigenvalue weighted by molar-refractivity contribution is 5.66. The van der Waals surface area contributed by atoms with Gasteiger partial charge in [-0.25, -0.2) is 0 Å². The van der Waals surface area contributed by atoms with E-state index >= 15 is 0 Å². The summed E-state index contributed by atoms with van der Waals surface area (Å²) in [6.45, 7) is 3.35. The Bertz CT molecular complexity index is 427. The van der Waals surface area contributed by atoms with Crippen molar-refractivity contribution in [2.45, 2.75) is 64.4 Å². The SMILES string of the molecule is CC(=O)OC[C@H]1O[C@H](OCC2CCCCC2)C=C[C@@H]1OC(C)=O. The van der Waals surface area contributed by atoms with Crippen LogP contribution in [0.2, 0.25) is 0 Å². The summed E-state index contributed by atoms with van der Waals surface area (Å²) in [6, 6.07) is 0. The predicted molar refractivity (Wildman–Crippen MR) is 82.5 cm³/mol. The third kappa shape index (κ3) is 6.31. The highest BCUT2D eigenvalue weighted by Gasteiger charge is 2.31. The van der Waals surface area contributed by atoms with E-state index < -0.39 is 30.4 Å². The molecule has 3 atom stereocenters. The molecule has 0 spiro atoms. The minimum atomic E-state index is -0.568. The number of hydrogen-bond donors (Lipinski definition) is 0. The van der Waals surface area contributed by atoms with Crippen LogP contribution in [0.25, 0.3) is 0 Å². The number of carbonyl (C=O) groups is 2. The molecule has 6 heteroatoms. The van der Waals surface area contributed by atoms with Crippen LogP contribution >= 0.6 is 0 Å². The summed E-state index contributed by atoms with van der Waals surface area (Å²) in [5, 5.41) is 0. The van der Waals surface area contributed by atoms with Crippen LogP contribution in [0.4, 0.5) is 0 Å². The van der Waals surface area contributed by atoms with Gasteiger partial charge in [-0.15, -0.1) is 0 Å². The lowest BCUT2D eigenvalue weighted by Gasteiger charge is -2.32. The Morgan fingerprint density at radius 1 is 1.04 bits per heavy atom. The number of esters is 2. The molecule has 1 fully saturated rings. The van der Waals surface area contributed by atoms with Crippen LogP contribution in [-0.2, 0) is 28.5 Å². The smallest absolute Gasteiger partial charge is 0.303 e. The fourth-order valence-corrected chi connectivity index (χ4v) is 2.94. The van der Waals surface area contributed by atoms with Gasteiger partial charge in [-0.05, 0) is 30.9 Å². The van der Waals surface area contributed by atoms with Gasteiger partial charge in [-0.3, -0.25) is 9.59 Å². The summed E-state index contributed by atoms with van der Waals surface area (Å²) in [7, 11) is 0. The first-order valence-corrected chi connectivity index (χ1v) is 8.30. The molecule has 1 heterocycles. The van der Waals surface area contributed by atoms with E-state index in [9.17, 15) is 9.59 Å². The lowest BCUT2D eigenvalue weighted by atomic mass is 9.90. The lowest BCUT2D eigenvalue weighted by Crippen LogP contribution is -2.42. The molecule has 0 N–H and O–H groups in total. The van der Waals surface area contributed by atoms with Crippen molar-refractivity contribution in [1.29, 1.82) is 0 Å². The second-order valence-electron chi connectivity index (χ2n) is 6.14. The molecule has 130 valence electrons. The molecule has 0 aromatic heterocycles. The standard InChI is InChI=1S/C17H26O6/c1-12(18)20-11-16-15(22-13(2)19)8-9-17(23-16)21-10-14-6-4-3-5-7-14/h8-9,14-17H,3-7,10-11H2,1-2H3/t15-,16+,17-/m0/s1. The topological polar surface area (TPSA) is 71.1 Å². The maximum atomic E-state index is 11.2. The fraction of sp³-hybridized carbons (Fsp3) is 0.765. The van der Waals surface area contributed by atoms with Crippen LogP contribution in [0.3, 0.4) is 0 Å². The minimum Gasteiger partial charge on any atom is -0.463 e. The number of carbonyl (C=O) groups excluding carboxylic acids is 2. The molecule has 0 radical (unpaired) electrons. The maximum absolute atomic E-state index is 11.2. The summed E-state index contributed by atoms with van der Waals surface area (Å²) in [5.41, 5.74) is 0. The van der Waals surface area contributed by atoms with E-state index in [1.54, 1.807) is 12.2 Å². The van der Waals surface area contributed by atoms with Gasteiger partial charge in [0.15, 0.2) is 6.29 Å². The lowest BCUT2D eigenvalue weighted by molar-refractivity contribution is -0.200. The van der Waals surface area contributed by atoms with Crippen molar-refractivity contribution in [3.63, 3.8) is 0 Å². The van der Waals surface area contributed by atoms with Crippen molar-refractivity contribution >= 4 is 11.9 Å². The van der Waals surface area contributed by atoms with Gasteiger partial charge in [-0.2, -0.15) is 0 Å². The Hall–Kier alpha value is -1.40. The largest absolute Gasteiger partial charge is 0.463 e. The van der Waals surface area contributed by atoms with Gasteiger partial charge < -0.3 is 18.9 Å². The summed E-state index contributed by atoms with van der Waals surface area (Å²) in [5.74, 6) is -0.221. The van der Waals surface area contributed by atoms with Gasteiger partial charge in [0, 0.05) is 13.8 Å². The highest BCUT2D eigenvalue weighted by Crippen LogP contribution is 2.25. The normalized spacial score (nSPS) is 28.3. The molecule has 2 aliphatic rings. The van der Waals surface area contributed by atoms with Crippen LogP contribution in [-0.4, -0.2) is 43.7 Å². The molecular formula is C17H26O6. The van der Waals surface area contributed by atoms with Gasteiger partial charge in [0.05, 0.1) is 6.61 Å². The van der Waals surface area contributed by atoms with E-state index in [0.29, 0.717) is 12.5 Å². The zero-order valence-electron chi connectivity index (χ0n) is 13.9. The molecule has 0 unspecified atom stereocenters. The van der Waals surface area contributed by atoms with Crippen molar-refractivity contribution in [3.05, 3.63) is 12.2 Å². The first-order valence-electron chi connectivity index (χ1n) is 8.30. The van der Waals surface area contributed by atoms with Crippen LogP contribution in [0, 0.1) is 5.92 Å². The van der Waals surface area contributed by atoms with Crippen LogP contribution in [0.5, 0.6) is 0 Å². The molecule has 0 saturated heterocycles. The number of rotatable bonds is 6. The second-order valence-corrected chi connectivity index (χ2v) is 6.14. The van der Waals surface area contributed by atoms with Crippen molar-refractivity contribution in [1.82, 2.24) is 0 Å². The van der Waals surface area contributed by atoms with Crippen molar-refractivity contribution in [3.8, 4) is 0 Å². The van der Waals surface area contributed by atoms with Crippen molar-refractivity contribution < 1.29 is 28.5 Å². The van der Waals surface area contributed by atoms with Crippen molar-refractivity contribution in [2.24, 2.45) is 5.92 Å². The first kappa shape index (κ1) is 17.9. The molecule has 0 aromatic rings. The Kier molecular flexibility index (Phi) is 7.05. The average Bonchev–Trinajstić information content (AvgIpc) is 2.53. The van der Waals surface area contributed by atoms with Crippen LogP contribution in [0.1, 0.15) is 46.0 Å². The van der Waals surface area contributed by atoms with E-state index in [2.05, 4.69) is 0 Å². The third-order valence-electron chi connectivity index (χ3n) is 4.11. The van der Waals surface area contributed by atoms with Crippen LogP contribution in [0.15, 0.2) is 12.2 Å². The zero-order chi connectivity index (χ0) is 16.7. The van der Waals surface area contributed by atoms with Crippen molar-refractivity contribution in [2.75, 3.05) is 13.2 Å². The number of ether oxygens (including phenoxy) is 4. The molecule has 2 rings (SSSR count). The maximum Gasteiger partial charge on any atom is 0.303 e. The Morgan fingerprint density at radius 2 is 1.78 bits per heavy atom. The summed E-state index contributed by atoms with van der Waals surface area (Å²) in [6.07, 6.45) is 8.11. The first-order chi connectivity index (χ1) is 11.0. The third-order valence-corrected chi connectivity index (χ3v) is 4.11. The van der Waals surface area contributed by atoms with E-state index in [0.717, 1.165) is 0 Å². The summed E-state index contributed by atoms with van der Waals surface area (Å²) >= 11 is 0. The molecule has 1 saturated carbocycles. The predicted octanol–water partition coefficient (Wildman–Crippen LogP) is 2.36. The van der Waals surface area contributed by atoms with E-state index in [-0.39, 0.29) is 6.61 Å². The zero-order valence-corrected chi connectivity index (χ0v) is 13.9. The van der Waals surface area contributed by atoms with Gasteiger partial charge in [0.25, 0.3) is 0 Å². The van der Waals surface area contributed by atoms with Gasteiger partial charge in [0.1, 0.15) is 18.8 Å². The average molecular weight is 326 g/mol. The van der Waals surface area contributed by atoms with E-state index in [1.807, 2.05) is 0 Å². The Morgan fingerprint density at radius 3 is 2.43 bits per heavy atom. The monoisotopic (exact) mass is 326 g/mol. The molecule has 0 aromatic carbocycles. The summed E-state index contributed by atoms with van der Waals surface area (Å²) < 4.78 is 21.8. The van der Waals surface area contributed by atoms with Gasteiger partial charge in [-0.1, -0.05) is 19.3 Å². The minimum absolute atomic E-state index is 0.0287. The second kappa shape index (κ2) is 9.03. The van der Waals surface area contributed by atoms with E-state index in [4.69, 9.17) is 18.9 Å².